The van der Waals surface area contributed by atoms with Crippen molar-refractivity contribution in [2.24, 2.45) is 7.05 Å². The van der Waals surface area contributed by atoms with Gasteiger partial charge in [0.05, 0.1) is 31.9 Å². The molecule has 0 spiro atoms. The molecule has 1 saturated heterocycles. The van der Waals surface area contributed by atoms with Crippen LogP contribution in [0.15, 0.2) is 36.4 Å². The SMILES string of the molecule is CCOC(=O)CC(Cc1cc(OCCc2ccc3c(n2)CCCC3)n(C)n1)c1cc(C(C)(C)C)cc(C2(COC)CCOCC2)c1. The Morgan fingerprint density at radius 2 is 1.85 bits per heavy atom. The third kappa shape index (κ3) is 8.37. The molecule has 3 aromatic rings. The Morgan fingerprint density at radius 1 is 1.07 bits per heavy atom. The average Bonchev–Trinajstić information content (AvgIpc) is 3.39. The molecule has 0 N–H and O–H groups in total. The topological polar surface area (TPSA) is 84.7 Å². The number of fused-ring (bicyclic) bond motifs is 1. The van der Waals surface area contributed by atoms with E-state index in [4.69, 9.17) is 29.0 Å². The largest absolute Gasteiger partial charge is 0.477 e. The van der Waals surface area contributed by atoms with E-state index in [1.807, 2.05) is 20.0 Å². The monoisotopic (exact) mass is 631 g/mol. The molecule has 3 heterocycles. The van der Waals surface area contributed by atoms with Crippen molar-refractivity contribution in [3.05, 3.63) is 75.7 Å². The Balaban J connectivity index is 1.39. The Bertz CT molecular complexity index is 1460. The molecule has 5 rings (SSSR count). The van der Waals surface area contributed by atoms with Gasteiger partial charge in [0.25, 0.3) is 0 Å². The predicted molar refractivity (Wildman–Crippen MR) is 180 cm³/mol. The highest BCUT2D eigenvalue weighted by Gasteiger charge is 2.36. The Kier molecular flexibility index (Phi) is 11.2. The lowest BCUT2D eigenvalue weighted by Gasteiger charge is -2.38. The van der Waals surface area contributed by atoms with E-state index in [2.05, 4.69) is 51.1 Å². The highest BCUT2D eigenvalue weighted by atomic mass is 16.5. The number of benzene rings is 1. The number of esters is 1. The lowest BCUT2D eigenvalue weighted by molar-refractivity contribution is -0.143. The quantitative estimate of drug-likeness (QED) is 0.197. The number of pyridine rings is 1. The number of aromatic nitrogens is 3. The molecule has 0 saturated carbocycles. The van der Waals surface area contributed by atoms with Crippen LogP contribution in [-0.4, -0.2) is 60.9 Å². The summed E-state index contributed by atoms with van der Waals surface area (Å²) >= 11 is 0. The number of hydrogen-bond donors (Lipinski definition) is 0. The van der Waals surface area contributed by atoms with Crippen LogP contribution in [0.2, 0.25) is 0 Å². The van der Waals surface area contributed by atoms with Gasteiger partial charge in [-0.1, -0.05) is 45.0 Å². The molecule has 46 heavy (non-hydrogen) atoms. The first-order valence-electron chi connectivity index (χ1n) is 17.1. The van der Waals surface area contributed by atoms with Crippen molar-refractivity contribution >= 4 is 5.97 Å². The first-order chi connectivity index (χ1) is 22.1. The second-order valence-corrected chi connectivity index (χ2v) is 14.1. The number of methoxy groups -OCH3 is 1. The molecule has 8 nitrogen and oxygen atoms in total. The Labute approximate surface area is 275 Å². The van der Waals surface area contributed by atoms with E-state index in [1.54, 1.807) is 11.8 Å². The van der Waals surface area contributed by atoms with Gasteiger partial charge in [0.15, 0.2) is 0 Å². The minimum absolute atomic E-state index is 0.0718. The number of rotatable bonds is 13. The lowest BCUT2D eigenvalue weighted by atomic mass is 9.71. The summed E-state index contributed by atoms with van der Waals surface area (Å²) < 4.78 is 25.0. The molecule has 1 fully saturated rings. The summed E-state index contributed by atoms with van der Waals surface area (Å²) in [4.78, 5) is 17.9. The molecule has 0 bridgehead atoms. The normalized spacial score (nSPS) is 16.9. The molecule has 1 aliphatic carbocycles. The number of carbonyl (C=O) groups is 1. The first kappa shape index (κ1) is 34.1. The zero-order valence-corrected chi connectivity index (χ0v) is 28.8. The molecule has 1 unspecified atom stereocenters. The van der Waals surface area contributed by atoms with E-state index in [-0.39, 0.29) is 29.1 Å². The van der Waals surface area contributed by atoms with Gasteiger partial charge in [-0.15, -0.1) is 0 Å². The van der Waals surface area contributed by atoms with Crippen molar-refractivity contribution in [3.63, 3.8) is 0 Å². The van der Waals surface area contributed by atoms with Crippen LogP contribution in [0.5, 0.6) is 5.88 Å². The average molecular weight is 632 g/mol. The number of aryl methyl sites for hydroxylation is 3. The van der Waals surface area contributed by atoms with Gasteiger partial charge < -0.3 is 18.9 Å². The van der Waals surface area contributed by atoms with Crippen LogP contribution in [-0.2, 0) is 62.6 Å². The molecule has 1 aliphatic heterocycles. The van der Waals surface area contributed by atoms with Gasteiger partial charge in [-0.25, -0.2) is 4.68 Å². The van der Waals surface area contributed by atoms with Crippen LogP contribution in [0, 0.1) is 0 Å². The predicted octanol–water partition coefficient (Wildman–Crippen LogP) is 6.59. The zero-order chi connectivity index (χ0) is 32.7. The van der Waals surface area contributed by atoms with Crippen molar-refractivity contribution < 1.29 is 23.7 Å². The molecule has 1 aromatic carbocycles. The van der Waals surface area contributed by atoms with Crippen molar-refractivity contribution in [1.29, 1.82) is 0 Å². The number of ether oxygens (including phenoxy) is 4. The molecule has 250 valence electrons. The molecule has 8 heteroatoms. The van der Waals surface area contributed by atoms with Crippen molar-refractivity contribution in [2.45, 2.75) is 102 Å². The summed E-state index contributed by atoms with van der Waals surface area (Å²) in [7, 11) is 3.69. The molecule has 2 aliphatic rings. The Hall–Kier alpha value is -3.23. The second-order valence-electron chi connectivity index (χ2n) is 14.1. The van der Waals surface area contributed by atoms with Crippen LogP contribution in [0.1, 0.15) is 105 Å². The van der Waals surface area contributed by atoms with E-state index < -0.39 is 0 Å². The highest BCUT2D eigenvalue weighted by Crippen LogP contribution is 2.40. The molecule has 2 aromatic heterocycles. The van der Waals surface area contributed by atoms with E-state index in [9.17, 15) is 4.79 Å². The van der Waals surface area contributed by atoms with Gasteiger partial charge >= 0.3 is 5.97 Å². The van der Waals surface area contributed by atoms with Gasteiger partial charge in [0, 0.05) is 56.7 Å². The third-order valence-electron chi connectivity index (χ3n) is 9.68. The number of hydrogen-bond acceptors (Lipinski definition) is 7. The van der Waals surface area contributed by atoms with Crippen LogP contribution < -0.4 is 4.74 Å². The van der Waals surface area contributed by atoms with Gasteiger partial charge in [0.1, 0.15) is 0 Å². The molecule has 0 radical (unpaired) electrons. The summed E-state index contributed by atoms with van der Waals surface area (Å²) in [6.07, 6.45) is 8.11. The fourth-order valence-electron chi connectivity index (χ4n) is 6.93. The molecular formula is C38H53N3O5. The standard InChI is InChI=1S/C38H53N3O5/c1-7-45-36(42)23-29(28-20-30(37(2,3)4)24-31(21-28)38(26-43-6)15-18-44-19-16-38)22-33-25-35(41(5)40-33)46-17-14-32-13-12-27-10-8-9-11-34(27)39-32/h12-13,20-21,24-25,29H,7-11,14-19,22-23,26H2,1-6H3. The maximum Gasteiger partial charge on any atom is 0.306 e. The number of carbonyl (C=O) groups excluding carboxylic acids is 1. The summed E-state index contributed by atoms with van der Waals surface area (Å²) in [5, 5.41) is 4.83. The van der Waals surface area contributed by atoms with Gasteiger partial charge in [-0.3, -0.25) is 9.78 Å². The van der Waals surface area contributed by atoms with Crippen LogP contribution in [0.3, 0.4) is 0 Å². The van der Waals surface area contributed by atoms with Crippen LogP contribution >= 0.6 is 0 Å². The minimum Gasteiger partial charge on any atom is -0.477 e. The molecule has 0 amide bonds. The van der Waals surface area contributed by atoms with Crippen molar-refractivity contribution in [2.75, 3.05) is 40.1 Å². The fourth-order valence-corrected chi connectivity index (χ4v) is 6.93. The second kappa shape index (κ2) is 15.1. The van der Waals surface area contributed by atoms with E-state index in [0.29, 0.717) is 45.3 Å². The highest BCUT2D eigenvalue weighted by molar-refractivity contribution is 5.70. The maximum absolute atomic E-state index is 13.0. The summed E-state index contributed by atoms with van der Waals surface area (Å²) in [6.45, 7) is 11.5. The van der Waals surface area contributed by atoms with Crippen molar-refractivity contribution in [3.8, 4) is 5.88 Å². The fraction of sp³-hybridized carbons (Fsp3) is 0.605. The molecule has 1 atom stereocenters. The number of nitrogens with zero attached hydrogens (tertiary/aromatic N) is 3. The van der Waals surface area contributed by atoms with Gasteiger partial charge in [-0.05, 0) is 91.5 Å². The smallest absolute Gasteiger partial charge is 0.306 e. The van der Waals surface area contributed by atoms with Crippen LogP contribution in [0.4, 0.5) is 0 Å². The first-order valence-corrected chi connectivity index (χ1v) is 17.1. The van der Waals surface area contributed by atoms with Gasteiger partial charge in [0.2, 0.25) is 5.88 Å². The summed E-state index contributed by atoms with van der Waals surface area (Å²) in [5.41, 5.74) is 8.04. The van der Waals surface area contributed by atoms with E-state index in [1.165, 1.54) is 35.2 Å². The lowest BCUT2D eigenvalue weighted by Crippen LogP contribution is -2.38. The third-order valence-corrected chi connectivity index (χ3v) is 9.68. The van der Waals surface area contributed by atoms with E-state index in [0.717, 1.165) is 49.1 Å². The maximum atomic E-state index is 13.0. The molecular weight excluding hydrogens is 578 g/mol. The zero-order valence-electron chi connectivity index (χ0n) is 28.8. The Morgan fingerprint density at radius 3 is 2.59 bits per heavy atom. The van der Waals surface area contributed by atoms with E-state index >= 15 is 0 Å². The minimum atomic E-state index is -0.196. The van der Waals surface area contributed by atoms with Crippen LogP contribution in [0.25, 0.3) is 0 Å². The summed E-state index contributed by atoms with van der Waals surface area (Å²) in [5.74, 6) is 0.410. The van der Waals surface area contributed by atoms with Crippen molar-refractivity contribution in [1.82, 2.24) is 14.8 Å². The summed E-state index contributed by atoms with van der Waals surface area (Å²) in [6, 6.07) is 13.3. The van der Waals surface area contributed by atoms with Gasteiger partial charge in [-0.2, -0.15) is 5.10 Å².